The number of aromatic nitrogens is 2. The van der Waals surface area contributed by atoms with Gasteiger partial charge in [0.1, 0.15) is 11.6 Å². The van der Waals surface area contributed by atoms with E-state index in [9.17, 15) is 17.6 Å². The number of hydrogen-bond donors (Lipinski definition) is 1. The summed E-state index contributed by atoms with van der Waals surface area (Å²) in [5, 5.41) is 2.93. The van der Waals surface area contributed by atoms with E-state index in [0.717, 1.165) is 28.1 Å². The fourth-order valence-electron chi connectivity index (χ4n) is 4.32. The zero-order valence-corrected chi connectivity index (χ0v) is 20.1. The molecule has 9 heteroatoms. The highest BCUT2D eigenvalue weighted by Crippen LogP contribution is 2.23. The smallest absolute Gasteiger partial charge is 0.255 e. The van der Waals surface area contributed by atoms with E-state index in [0.29, 0.717) is 30.9 Å². The summed E-state index contributed by atoms with van der Waals surface area (Å²) >= 11 is 0. The molecule has 1 aromatic heterocycles. The lowest BCUT2D eigenvalue weighted by Crippen LogP contribution is -2.39. The van der Waals surface area contributed by atoms with Crippen LogP contribution in [0.3, 0.4) is 0 Å². The third kappa shape index (κ3) is 5.11. The van der Waals surface area contributed by atoms with Crippen molar-refractivity contribution in [3.8, 4) is 5.69 Å². The van der Waals surface area contributed by atoms with Gasteiger partial charge in [-0.05, 0) is 67.1 Å². The van der Waals surface area contributed by atoms with Crippen molar-refractivity contribution >= 4 is 32.5 Å². The van der Waals surface area contributed by atoms with E-state index in [1.165, 1.54) is 12.1 Å². The Morgan fingerprint density at radius 3 is 2.37 bits per heavy atom. The molecule has 0 radical (unpaired) electrons. The van der Waals surface area contributed by atoms with Crippen LogP contribution >= 0.6 is 0 Å². The summed E-state index contributed by atoms with van der Waals surface area (Å²) < 4.78 is 38.5. The van der Waals surface area contributed by atoms with E-state index >= 15 is 0 Å². The van der Waals surface area contributed by atoms with Crippen LogP contribution < -0.4 is 5.32 Å². The molecule has 0 bridgehead atoms. The summed E-state index contributed by atoms with van der Waals surface area (Å²) in [4.78, 5) is 19.6. The lowest BCUT2D eigenvalue weighted by molar-refractivity contribution is 0.102. The lowest BCUT2D eigenvalue weighted by Gasteiger charge is -2.26. The molecule has 1 amide bonds. The van der Waals surface area contributed by atoms with E-state index in [1.54, 1.807) is 30.3 Å². The van der Waals surface area contributed by atoms with Crippen molar-refractivity contribution < 1.29 is 17.6 Å². The van der Waals surface area contributed by atoms with E-state index in [4.69, 9.17) is 0 Å². The number of aryl methyl sites for hydroxylation is 1. The number of halogens is 1. The minimum atomic E-state index is -2.90. The third-order valence-corrected chi connectivity index (χ3v) is 7.83. The van der Waals surface area contributed by atoms with Crippen molar-refractivity contribution in [1.82, 2.24) is 14.5 Å². The minimum Gasteiger partial charge on any atom is -0.322 e. The summed E-state index contributed by atoms with van der Waals surface area (Å²) in [6.07, 6.45) is 0. The van der Waals surface area contributed by atoms with E-state index < -0.39 is 9.84 Å². The zero-order valence-electron chi connectivity index (χ0n) is 19.2. The Labute approximate surface area is 203 Å². The predicted molar refractivity (Wildman–Crippen MR) is 134 cm³/mol. The molecule has 1 aliphatic heterocycles. The highest BCUT2D eigenvalue weighted by atomic mass is 32.2. The molecule has 1 fully saturated rings. The second kappa shape index (κ2) is 9.24. The van der Waals surface area contributed by atoms with Crippen LogP contribution in [-0.4, -0.2) is 53.4 Å². The van der Waals surface area contributed by atoms with Gasteiger partial charge in [-0.2, -0.15) is 0 Å². The first-order chi connectivity index (χ1) is 16.8. The molecule has 0 unspecified atom stereocenters. The summed E-state index contributed by atoms with van der Waals surface area (Å²) in [5.74, 6) is 0.582. The quantitative estimate of drug-likeness (QED) is 0.456. The number of rotatable bonds is 5. The molecule has 1 aliphatic rings. The molecule has 1 saturated heterocycles. The van der Waals surface area contributed by atoms with Gasteiger partial charge >= 0.3 is 0 Å². The first kappa shape index (κ1) is 23.2. The Kier molecular flexibility index (Phi) is 6.12. The van der Waals surface area contributed by atoms with Gasteiger partial charge in [0.2, 0.25) is 0 Å². The topological polar surface area (TPSA) is 84.3 Å². The zero-order chi connectivity index (χ0) is 24.6. The second-order valence-electron chi connectivity index (χ2n) is 8.75. The van der Waals surface area contributed by atoms with E-state index in [-0.39, 0.29) is 23.2 Å². The van der Waals surface area contributed by atoms with Gasteiger partial charge in [0.25, 0.3) is 5.91 Å². The summed E-state index contributed by atoms with van der Waals surface area (Å²) in [7, 11) is -2.90. The van der Waals surface area contributed by atoms with Crippen LogP contribution in [0.4, 0.5) is 10.1 Å². The summed E-state index contributed by atoms with van der Waals surface area (Å²) in [6.45, 7) is 3.62. The Balaban J connectivity index is 1.30. The van der Waals surface area contributed by atoms with Gasteiger partial charge in [0.05, 0.1) is 22.5 Å². The van der Waals surface area contributed by atoms with Crippen molar-refractivity contribution in [2.45, 2.75) is 13.5 Å². The number of nitrogens with one attached hydrogen (secondary N) is 1. The molecule has 0 saturated carbocycles. The number of carbonyl (C=O) groups excluding carboxylic acids is 1. The minimum absolute atomic E-state index is 0.199. The van der Waals surface area contributed by atoms with Gasteiger partial charge in [-0.1, -0.05) is 12.1 Å². The number of amides is 1. The van der Waals surface area contributed by atoms with Gasteiger partial charge in [-0.15, -0.1) is 0 Å². The third-order valence-electron chi connectivity index (χ3n) is 6.22. The van der Waals surface area contributed by atoms with Crippen LogP contribution in [0.1, 0.15) is 21.7 Å². The molecule has 180 valence electrons. The van der Waals surface area contributed by atoms with Crippen molar-refractivity contribution in [3.63, 3.8) is 0 Å². The molecule has 4 aromatic rings. The van der Waals surface area contributed by atoms with Crippen molar-refractivity contribution in [1.29, 1.82) is 0 Å². The SMILES string of the molecule is Cc1nc2ccc(C(=O)Nc3ccc(CN4CCS(=O)(=O)CC4)cc3)cc2n1-c1ccc(F)cc1. The van der Waals surface area contributed by atoms with Gasteiger partial charge in [0, 0.05) is 36.6 Å². The molecule has 0 atom stereocenters. The van der Waals surface area contributed by atoms with Crippen LogP contribution in [0, 0.1) is 12.7 Å². The van der Waals surface area contributed by atoms with Crippen LogP contribution in [-0.2, 0) is 16.4 Å². The summed E-state index contributed by atoms with van der Waals surface area (Å²) in [5.41, 5.74) is 4.50. The number of nitrogens with zero attached hydrogens (tertiary/aromatic N) is 3. The molecule has 7 nitrogen and oxygen atoms in total. The highest BCUT2D eigenvalue weighted by Gasteiger charge is 2.21. The molecule has 5 rings (SSSR count). The van der Waals surface area contributed by atoms with Crippen molar-refractivity contribution in [3.05, 3.63) is 89.5 Å². The number of imidazole rings is 1. The molecular formula is C26H25FN4O3S. The Bertz CT molecular complexity index is 1480. The van der Waals surface area contributed by atoms with Gasteiger partial charge < -0.3 is 5.32 Å². The fourth-order valence-corrected chi connectivity index (χ4v) is 5.59. The van der Waals surface area contributed by atoms with Crippen LogP contribution in [0.5, 0.6) is 0 Å². The van der Waals surface area contributed by atoms with Crippen LogP contribution in [0.25, 0.3) is 16.7 Å². The first-order valence-corrected chi connectivity index (χ1v) is 13.2. The van der Waals surface area contributed by atoms with E-state index in [2.05, 4.69) is 15.2 Å². The molecular weight excluding hydrogens is 467 g/mol. The first-order valence-electron chi connectivity index (χ1n) is 11.4. The average Bonchev–Trinajstić information content (AvgIpc) is 3.17. The molecule has 1 N–H and O–H groups in total. The normalized spacial score (nSPS) is 15.8. The molecule has 0 aliphatic carbocycles. The molecule has 35 heavy (non-hydrogen) atoms. The molecule has 2 heterocycles. The predicted octanol–water partition coefficient (Wildman–Crippen LogP) is 3.96. The molecule has 0 spiro atoms. The fraction of sp³-hybridized carbons (Fsp3) is 0.231. The maximum Gasteiger partial charge on any atom is 0.255 e. The Hall–Kier alpha value is -3.56. The molecule has 3 aromatic carbocycles. The maximum atomic E-state index is 13.4. The summed E-state index contributed by atoms with van der Waals surface area (Å²) in [6, 6.07) is 19.1. The van der Waals surface area contributed by atoms with E-state index in [1.807, 2.05) is 35.8 Å². The monoisotopic (exact) mass is 492 g/mol. The van der Waals surface area contributed by atoms with Crippen molar-refractivity contribution in [2.75, 3.05) is 29.9 Å². The number of anilines is 1. The lowest BCUT2D eigenvalue weighted by atomic mass is 10.1. The van der Waals surface area contributed by atoms with Crippen molar-refractivity contribution in [2.24, 2.45) is 0 Å². The number of sulfone groups is 1. The Morgan fingerprint density at radius 2 is 1.69 bits per heavy atom. The number of benzene rings is 3. The van der Waals surface area contributed by atoms with Gasteiger partial charge in [-0.3, -0.25) is 14.3 Å². The number of hydrogen-bond acceptors (Lipinski definition) is 5. The Morgan fingerprint density at radius 1 is 1.00 bits per heavy atom. The second-order valence-corrected chi connectivity index (χ2v) is 11.1. The standard InChI is InChI=1S/C26H25FN4O3S/c1-18-28-24-11-4-20(16-25(24)31(18)23-9-5-21(27)6-10-23)26(32)29-22-7-2-19(3-8-22)17-30-12-14-35(33,34)15-13-30/h2-11,16H,12-15,17H2,1H3,(H,29,32). The highest BCUT2D eigenvalue weighted by molar-refractivity contribution is 7.91. The number of carbonyl (C=O) groups is 1. The van der Waals surface area contributed by atoms with Crippen LogP contribution in [0.2, 0.25) is 0 Å². The largest absolute Gasteiger partial charge is 0.322 e. The number of fused-ring (bicyclic) bond motifs is 1. The maximum absolute atomic E-state index is 13.4. The average molecular weight is 493 g/mol. The van der Waals surface area contributed by atoms with Gasteiger partial charge in [-0.25, -0.2) is 17.8 Å². The van der Waals surface area contributed by atoms with Gasteiger partial charge in [0.15, 0.2) is 9.84 Å². The van der Waals surface area contributed by atoms with Crippen LogP contribution in [0.15, 0.2) is 66.7 Å².